The maximum atomic E-state index is 11.2. The molecule has 0 fully saturated rings. The first-order chi connectivity index (χ1) is 7.74. The van der Waals surface area contributed by atoms with Crippen molar-refractivity contribution in [2.75, 3.05) is 11.5 Å². The van der Waals surface area contributed by atoms with Crippen molar-refractivity contribution >= 4 is 17.9 Å². The first kappa shape index (κ1) is 10.7. The molecule has 1 aliphatic heterocycles. The summed E-state index contributed by atoms with van der Waals surface area (Å²) in [5.41, 5.74) is 1.55. The zero-order valence-corrected chi connectivity index (χ0v) is 8.96. The van der Waals surface area contributed by atoms with E-state index in [4.69, 9.17) is 4.74 Å². The minimum Gasteiger partial charge on any atom is -0.465 e. The normalized spacial score (nSPS) is 18.3. The maximum absolute atomic E-state index is 11.2. The molecule has 1 atom stereocenters. The second-order valence-corrected chi connectivity index (χ2v) is 3.42. The van der Waals surface area contributed by atoms with Gasteiger partial charge in [0, 0.05) is 6.61 Å². The molecule has 84 valence electrons. The second kappa shape index (κ2) is 4.37. The SMILES string of the molecule is CCOC1C=Cc2ccccc2N1C(=O)O. The largest absolute Gasteiger partial charge is 0.465 e. The van der Waals surface area contributed by atoms with Crippen molar-refractivity contribution in [3.8, 4) is 0 Å². The van der Waals surface area contributed by atoms with Crippen LogP contribution in [0.25, 0.3) is 6.08 Å². The van der Waals surface area contributed by atoms with Crippen molar-refractivity contribution in [1.29, 1.82) is 0 Å². The Bertz CT molecular complexity index is 428. The van der Waals surface area contributed by atoms with E-state index in [0.717, 1.165) is 5.56 Å². The molecule has 0 radical (unpaired) electrons. The first-order valence-corrected chi connectivity index (χ1v) is 5.15. The lowest BCUT2D eigenvalue weighted by Gasteiger charge is -2.30. The van der Waals surface area contributed by atoms with Crippen LogP contribution in [0.4, 0.5) is 10.5 Å². The van der Waals surface area contributed by atoms with Gasteiger partial charge < -0.3 is 9.84 Å². The van der Waals surface area contributed by atoms with Gasteiger partial charge in [0.15, 0.2) is 6.23 Å². The third-order valence-corrected chi connectivity index (χ3v) is 2.43. The standard InChI is InChI=1S/C12H13NO3/c1-2-16-11-8-7-9-5-3-4-6-10(9)13(11)12(14)15/h3-8,11H,2H2,1H3,(H,14,15). The number of anilines is 1. The Kier molecular flexibility index (Phi) is 2.92. The minimum absolute atomic E-state index is 0.473. The molecule has 16 heavy (non-hydrogen) atoms. The fraction of sp³-hybridized carbons (Fsp3) is 0.250. The summed E-state index contributed by atoms with van der Waals surface area (Å²) in [6.07, 6.45) is 2.10. The molecule has 0 saturated carbocycles. The van der Waals surface area contributed by atoms with Gasteiger partial charge in [0.25, 0.3) is 0 Å². The van der Waals surface area contributed by atoms with Crippen molar-refractivity contribution in [1.82, 2.24) is 0 Å². The monoisotopic (exact) mass is 219 g/mol. The zero-order valence-electron chi connectivity index (χ0n) is 8.96. The molecule has 1 aromatic carbocycles. The number of para-hydroxylation sites is 1. The summed E-state index contributed by atoms with van der Waals surface area (Å²) in [7, 11) is 0. The summed E-state index contributed by atoms with van der Waals surface area (Å²) in [5, 5.41) is 9.19. The topological polar surface area (TPSA) is 49.8 Å². The minimum atomic E-state index is -1.00. The maximum Gasteiger partial charge on any atom is 0.414 e. The van der Waals surface area contributed by atoms with E-state index in [1.165, 1.54) is 4.90 Å². The Morgan fingerprint density at radius 3 is 2.94 bits per heavy atom. The Hall–Kier alpha value is -1.81. The summed E-state index contributed by atoms with van der Waals surface area (Å²) in [6.45, 7) is 2.31. The lowest BCUT2D eigenvalue weighted by atomic mass is 10.1. The number of hydrogen-bond donors (Lipinski definition) is 1. The molecule has 0 saturated heterocycles. The summed E-state index contributed by atoms with van der Waals surface area (Å²) in [5.74, 6) is 0. The van der Waals surface area contributed by atoms with Crippen molar-refractivity contribution in [2.24, 2.45) is 0 Å². The van der Waals surface area contributed by atoms with Crippen LogP contribution in [0.1, 0.15) is 12.5 Å². The molecule has 1 N–H and O–H groups in total. The van der Waals surface area contributed by atoms with Crippen molar-refractivity contribution in [3.05, 3.63) is 35.9 Å². The Balaban J connectivity index is 2.41. The van der Waals surface area contributed by atoms with Gasteiger partial charge >= 0.3 is 6.09 Å². The highest BCUT2D eigenvalue weighted by Crippen LogP contribution is 2.29. The predicted molar refractivity (Wildman–Crippen MR) is 61.4 cm³/mol. The van der Waals surface area contributed by atoms with E-state index < -0.39 is 12.3 Å². The molecule has 1 aromatic rings. The van der Waals surface area contributed by atoms with E-state index in [0.29, 0.717) is 12.3 Å². The summed E-state index contributed by atoms with van der Waals surface area (Å²) in [6, 6.07) is 7.35. The third-order valence-electron chi connectivity index (χ3n) is 2.43. The molecule has 2 rings (SSSR count). The van der Waals surface area contributed by atoms with Crippen LogP contribution >= 0.6 is 0 Å². The van der Waals surface area contributed by atoms with E-state index >= 15 is 0 Å². The Morgan fingerprint density at radius 1 is 1.50 bits per heavy atom. The van der Waals surface area contributed by atoms with Crippen molar-refractivity contribution in [2.45, 2.75) is 13.2 Å². The van der Waals surface area contributed by atoms with Crippen LogP contribution in [0.15, 0.2) is 30.3 Å². The van der Waals surface area contributed by atoms with Gasteiger partial charge in [-0.3, -0.25) is 0 Å². The van der Waals surface area contributed by atoms with Crippen molar-refractivity contribution in [3.63, 3.8) is 0 Å². The van der Waals surface area contributed by atoms with Gasteiger partial charge in [-0.15, -0.1) is 0 Å². The summed E-state index contributed by atoms with van der Waals surface area (Å²) >= 11 is 0. The molecule has 4 heteroatoms. The lowest BCUT2D eigenvalue weighted by Crippen LogP contribution is -2.41. The van der Waals surface area contributed by atoms with Crippen LogP contribution in [0.3, 0.4) is 0 Å². The number of fused-ring (bicyclic) bond motifs is 1. The van der Waals surface area contributed by atoms with Crippen LogP contribution < -0.4 is 4.90 Å². The number of benzene rings is 1. The van der Waals surface area contributed by atoms with Crippen LogP contribution in [0, 0.1) is 0 Å². The summed E-state index contributed by atoms with van der Waals surface area (Å²) < 4.78 is 5.37. The highest BCUT2D eigenvalue weighted by Gasteiger charge is 2.27. The quantitative estimate of drug-likeness (QED) is 0.831. The van der Waals surface area contributed by atoms with Gasteiger partial charge in [0.2, 0.25) is 0 Å². The van der Waals surface area contributed by atoms with Crippen LogP contribution in [0.2, 0.25) is 0 Å². The molecule has 1 heterocycles. The van der Waals surface area contributed by atoms with Crippen LogP contribution in [-0.4, -0.2) is 24.0 Å². The van der Waals surface area contributed by atoms with Crippen LogP contribution in [-0.2, 0) is 4.74 Å². The van der Waals surface area contributed by atoms with E-state index in [9.17, 15) is 9.90 Å². The molecule has 4 nitrogen and oxygen atoms in total. The number of carboxylic acid groups (broad SMARTS) is 1. The number of carbonyl (C=O) groups is 1. The number of amides is 1. The van der Waals surface area contributed by atoms with E-state index in [2.05, 4.69) is 0 Å². The van der Waals surface area contributed by atoms with E-state index in [1.807, 2.05) is 31.2 Å². The van der Waals surface area contributed by atoms with Gasteiger partial charge in [0.05, 0.1) is 5.69 Å². The third kappa shape index (κ3) is 1.79. The molecule has 0 aliphatic carbocycles. The van der Waals surface area contributed by atoms with E-state index in [-0.39, 0.29) is 0 Å². The van der Waals surface area contributed by atoms with Gasteiger partial charge in [-0.1, -0.05) is 24.3 Å². The van der Waals surface area contributed by atoms with Gasteiger partial charge in [0.1, 0.15) is 0 Å². The molecular weight excluding hydrogens is 206 g/mol. The predicted octanol–water partition coefficient (Wildman–Crippen LogP) is 2.56. The fourth-order valence-electron chi connectivity index (χ4n) is 1.77. The average molecular weight is 219 g/mol. The number of hydrogen-bond acceptors (Lipinski definition) is 2. The molecule has 1 unspecified atom stereocenters. The number of ether oxygens (including phenoxy) is 1. The smallest absolute Gasteiger partial charge is 0.414 e. The van der Waals surface area contributed by atoms with Crippen molar-refractivity contribution < 1.29 is 14.6 Å². The molecule has 1 aliphatic rings. The zero-order chi connectivity index (χ0) is 11.5. The van der Waals surface area contributed by atoms with Gasteiger partial charge in [-0.05, 0) is 24.6 Å². The lowest BCUT2D eigenvalue weighted by molar-refractivity contribution is 0.0901. The highest BCUT2D eigenvalue weighted by molar-refractivity contribution is 5.92. The Labute approximate surface area is 93.8 Å². The highest BCUT2D eigenvalue weighted by atomic mass is 16.5. The Morgan fingerprint density at radius 2 is 2.25 bits per heavy atom. The summed E-state index contributed by atoms with van der Waals surface area (Å²) in [4.78, 5) is 12.4. The molecule has 0 spiro atoms. The average Bonchev–Trinajstić information content (AvgIpc) is 2.28. The van der Waals surface area contributed by atoms with E-state index in [1.54, 1.807) is 12.1 Å². The molecule has 0 bridgehead atoms. The first-order valence-electron chi connectivity index (χ1n) is 5.15. The van der Waals surface area contributed by atoms with Crippen LogP contribution in [0.5, 0.6) is 0 Å². The molecule has 0 aromatic heterocycles. The second-order valence-electron chi connectivity index (χ2n) is 3.42. The van der Waals surface area contributed by atoms with Gasteiger partial charge in [-0.25, -0.2) is 9.69 Å². The molecular formula is C12H13NO3. The number of rotatable bonds is 2. The fourth-order valence-corrected chi connectivity index (χ4v) is 1.77. The number of nitrogens with zero attached hydrogens (tertiary/aromatic N) is 1. The molecule has 1 amide bonds. The van der Waals surface area contributed by atoms with Gasteiger partial charge in [-0.2, -0.15) is 0 Å².